The second-order valence-corrected chi connectivity index (χ2v) is 11.9. The molecule has 1 heterocycles. The van der Waals surface area contributed by atoms with E-state index in [4.69, 9.17) is 13.6 Å². The fraction of sp³-hybridized carbons (Fsp3) is 0.409. The second kappa shape index (κ2) is 9.72. The van der Waals surface area contributed by atoms with Crippen LogP contribution >= 0.6 is 0 Å². The molecule has 4 nitrogen and oxygen atoms in total. The van der Waals surface area contributed by atoms with Gasteiger partial charge in [0.1, 0.15) is 11.5 Å². The number of carbonyl (C=O) groups excluding carboxylic acids is 1. The highest BCUT2D eigenvalue weighted by Gasteiger charge is 2.44. The molecule has 0 bridgehead atoms. The lowest BCUT2D eigenvalue weighted by atomic mass is 10.4. The Morgan fingerprint density at radius 1 is 1.07 bits per heavy atom. The highest BCUT2D eigenvalue weighted by molar-refractivity contribution is 6.88. The molecule has 0 radical (unpaired) electrons. The Morgan fingerprint density at radius 3 is 2.33 bits per heavy atom. The molecule has 0 atom stereocenters. The molecule has 146 valence electrons. The quantitative estimate of drug-likeness (QED) is 0.344. The Hall–Kier alpha value is -2.11. The first-order valence-electron chi connectivity index (χ1n) is 9.53. The minimum atomic E-state index is -2.20. The van der Waals surface area contributed by atoms with Gasteiger partial charge in [0.05, 0.1) is 13.2 Å². The summed E-state index contributed by atoms with van der Waals surface area (Å²) in [7, 11) is -2.20. The van der Waals surface area contributed by atoms with E-state index < -0.39 is 8.32 Å². The van der Waals surface area contributed by atoms with E-state index in [0.29, 0.717) is 30.1 Å². The van der Waals surface area contributed by atoms with Gasteiger partial charge in [0.15, 0.2) is 0 Å². The van der Waals surface area contributed by atoms with E-state index in [1.54, 1.807) is 13.0 Å². The molecule has 0 unspecified atom stereocenters. The molecule has 0 amide bonds. The lowest BCUT2D eigenvalue weighted by Gasteiger charge is -2.38. The van der Waals surface area contributed by atoms with Crippen LogP contribution in [0.2, 0.25) is 11.1 Å². The molecule has 0 fully saturated rings. The Bertz CT molecular complexity index is 739. The monoisotopic (exact) mass is 386 g/mol. The zero-order valence-electron chi connectivity index (χ0n) is 16.9. The van der Waals surface area contributed by atoms with Gasteiger partial charge in [-0.25, -0.2) is 4.79 Å². The van der Waals surface area contributed by atoms with Crippen molar-refractivity contribution in [2.45, 2.75) is 52.3 Å². The summed E-state index contributed by atoms with van der Waals surface area (Å²) in [5.74, 6) is 0.997. The predicted octanol–water partition coefficient (Wildman–Crippen LogP) is 5.05. The van der Waals surface area contributed by atoms with Crippen molar-refractivity contribution >= 4 is 25.5 Å². The lowest BCUT2D eigenvalue weighted by molar-refractivity contribution is -0.137. The van der Waals surface area contributed by atoms with Crippen molar-refractivity contribution in [1.29, 1.82) is 0 Å². The summed E-state index contributed by atoms with van der Waals surface area (Å²) in [6.45, 7) is 11.5. The summed E-state index contributed by atoms with van der Waals surface area (Å²) in [4.78, 5) is 11.4. The summed E-state index contributed by atoms with van der Waals surface area (Å²) in [5, 5.41) is 1.31. The Morgan fingerprint density at radius 2 is 1.74 bits per heavy atom. The maximum Gasteiger partial charge on any atom is 0.330 e. The molecule has 0 aliphatic carbocycles. The zero-order valence-corrected chi connectivity index (χ0v) is 17.9. The van der Waals surface area contributed by atoms with Gasteiger partial charge in [-0.2, -0.15) is 0 Å². The number of ether oxygens (including phenoxy) is 1. The third-order valence-electron chi connectivity index (χ3n) is 4.75. The number of esters is 1. The van der Waals surface area contributed by atoms with Gasteiger partial charge in [-0.05, 0) is 41.4 Å². The maximum absolute atomic E-state index is 11.4. The lowest BCUT2D eigenvalue weighted by Crippen LogP contribution is -2.55. The standard InChI is InChI=1S/C22H30O4Si/c1-6-24-22(23)15-14-19-12-13-20(26-19)16-25-27(17(2)3,18(4)5)21-10-8-7-9-11-21/h7-15,17-18H,6,16H2,1-5H3. The third kappa shape index (κ3) is 5.21. The van der Waals surface area contributed by atoms with Gasteiger partial charge in [0, 0.05) is 6.08 Å². The fourth-order valence-electron chi connectivity index (χ4n) is 3.54. The molecule has 0 N–H and O–H groups in total. The molecule has 1 aromatic heterocycles. The summed E-state index contributed by atoms with van der Waals surface area (Å²) >= 11 is 0. The van der Waals surface area contributed by atoms with Crippen molar-refractivity contribution in [3.63, 3.8) is 0 Å². The van der Waals surface area contributed by atoms with Crippen LogP contribution in [0.15, 0.2) is 53.0 Å². The van der Waals surface area contributed by atoms with Crippen molar-refractivity contribution in [1.82, 2.24) is 0 Å². The van der Waals surface area contributed by atoms with E-state index in [1.807, 2.05) is 18.2 Å². The van der Waals surface area contributed by atoms with Gasteiger partial charge in [-0.3, -0.25) is 0 Å². The number of hydrogen-bond acceptors (Lipinski definition) is 4. The van der Waals surface area contributed by atoms with E-state index >= 15 is 0 Å². The normalized spacial score (nSPS) is 12.3. The van der Waals surface area contributed by atoms with Gasteiger partial charge < -0.3 is 13.6 Å². The molecule has 5 heteroatoms. The molecular weight excluding hydrogens is 356 g/mol. The van der Waals surface area contributed by atoms with Crippen molar-refractivity contribution < 1.29 is 18.4 Å². The van der Waals surface area contributed by atoms with E-state index in [2.05, 4.69) is 52.0 Å². The van der Waals surface area contributed by atoms with Crippen molar-refractivity contribution in [2.75, 3.05) is 6.61 Å². The number of furan rings is 1. The first kappa shape index (κ1) is 21.2. The van der Waals surface area contributed by atoms with Crippen LogP contribution in [0.3, 0.4) is 0 Å². The molecule has 2 rings (SSSR count). The number of benzene rings is 1. The highest BCUT2D eigenvalue weighted by atomic mass is 28.4. The van der Waals surface area contributed by atoms with E-state index in [0.717, 1.165) is 5.76 Å². The van der Waals surface area contributed by atoms with Gasteiger partial charge in [-0.1, -0.05) is 58.0 Å². The van der Waals surface area contributed by atoms with Crippen LogP contribution in [-0.2, 0) is 20.6 Å². The van der Waals surface area contributed by atoms with E-state index in [9.17, 15) is 4.79 Å². The number of hydrogen-bond donors (Lipinski definition) is 0. The van der Waals surface area contributed by atoms with Crippen LogP contribution < -0.4 is 5.19 Å². The van der Waals surface area contributed by atoms with Gasteiger partial charge in [0.2, 0.25) is 8.32 Å². The van der Waals surface area contributed by atoms with Crippen molar-refractivity contribution in [3.05, 3.63) is 60.1 Å². The first-order chi connectivity index (χ1) is 12.9. The summed E-state index contributed by atoms with van der Waals surface area (Å²) < 4.78 is 17.3. The van der Waals surface area contributed by atoms with Crippen LogP contribution in [0.1, 0.15) is 46.1 Å². The fourth-order valence-corrected chi connectivity index (χ4v) is 8.14. The smallest absolute Gasteiger partial charge is 0.330 e. The molecule has 0 saturated heterocycles. The average molecular weight is 387 g/mol. The summed E-state index contributed by atoms with van der Waals surface area (Å²) in [6.07, 6.45) is 2.99. The topological polar surface area (TPSA) is 48.7 Å². The van der Waals surface area contributed by atoms with Crippen LogP contribution in [0.4, 0.5) is 0 Å². The Labute approximate surface area is 163 Å². The molecule has 2 aromatic rings. The number of carbonyl (C=O) groups is 1. The van der Waals surface area contributed by atoms with Gasteiger partial charge in [0.25, 0.3) is 0 Å². The summed E-state index contributed by atoms with van der Waals surface area (Å²) in [5.41, 5.74) is 0.857. The summed E-state index contributed by atoms with van der Waals surface area (Å²) in [6, 6.07) is 14.3. The van der Waals surface area contributed by atoms with E-state index in [1.165, 1.54) is 11.3 Å². The van der Waals surface area contributed by atoms with Gasteiger partial charge in [-0.15, -0.1) is 0 Å². The first-order valence-corrected chi connectivity index (χ1v) is 11.6. The molecule has 0 aliphatic rings. The van der Waals surface area contributed by atoms with Crippen LogP contribution in [-0.4, -0.2) is 20.9 Å². The number of rotatable bonds is 9. The third-order valence-corrected chi connectivity index (χ3v) is 10.0. The largest absolute Gasteiger partial charge is 0.463 e. The van der Waals surface area contributed by atoms with Crippen molar-refractivity contribution in [2.24, 2.45) is 0 Å². The molecule has 0 spiro atoms. The van der Waals surface area contributed by atoms with Crippen LogP contribution in [0, 0.1) is 0 Å². The molecule has 0 saturated carbocycles. The SMILES string of the molecule is CCOC(=O)C=Cc1ccc(CO[Si](c2ccccc2)(C(C)C)C(C)C)o1. The van der Waals surface area contributed by atoms with Crippen LogP contribution in [0.25, 0.3) is 6.08 Å². The molecule has 0 aliphatic heterocycles. The zero-order chi connectivity index (χ0) is 19.9. The molecule has 1 aromatic carbocycles. The van der Waals surface area contributed by atoms with Crippen LogP contribution in [0.5, 0.6) is 0 Å². The Balaban J connectivity index is 2.15. The minimum absolute atomic E-state index is 0.358. The van der Waals surface area contributed by atoms with Gasteiger partial charge >= 0.3 is 5.97 Å². The second-order valence-electron chi connectivity index (χ2n) is 7.15. The molecular formula is C22H30O4Si. The average Bonchev–Trinajstić information content (AvgIpc) is 3.09. The predicted molar refractivity (Wildman–Crippen MR) is 111 cm³/mol. The molecule has 27 heavy (non-hydrogen) atoms. The Kier molecular flexibility index (Phi) is 7.62. The highest BCUT2D eigenvalue weighted by Crippen LogP contribution is 2.34. The van der Waals surface area contributed by atoms with Crippen molar-refractivity contribution in [3.8, 4) is 0 Å². The van der Waals surface area contributed by atoms with E-state index in [-0.39, 0.29) is 5.97 Å². The maximum atomic E-state index is 11.4. The minimum Gasteiger partial charge on any atom is -0.463 e.